The Labute approximate surface area is 262 Å². The van der Waals surface area contributed by atoms with Gasteiger partial charge in [-0.3, -0.25) is 14.5 Å². The van der Waals surface area contributed by atoms with Crippen molar-refractivity contribution in [1.82, 2.24) is 15.5 Å². The monoisotopic (exact) mass is 621 g/mol. The molecule has 11 heteroatoms. The molecule has 2 aliphatic heterocycles. The minimum absolute atomic E-state index is 0.162. The number of aryl methyl sites for hydroxylation is 1. The molecule has 1 saturated heterocycles. The summed E-state index contributed by atoms with van der Waals surface area (Å²) in [6, 6.07) is 15.4. The maximum atomic E-state index is 14.6. The second-order valence-corrected chi connectivity index (χ2v) is 11.3. The summed E-state index contributed by atoms with van der Waals surface area (Å²) in [4.78, 5) is 28.1. The van der Waals surface area contributed by atoms with E-state index in [2.05, 4.69) is 21.6 Å². The maximum Gasteiger partial charge on any atom is 0.258 e. The Hall–Kier alpha value is -4.35. The summed E-state index contributed by atoms with van der Waals surface area (Å²) in [5.74, 6) is 1.06. The number of halogens is 1. The molecule has 0 radical (unpaired) electrons. The zero-order valence-corrected chi connectivity index (χ0v) is 25.9. The standard InChI is InChI=1S/C34H40FN3O7/c1-41-20-25-12-23(5-7-29(25)42-2)18-38-11-10-30-28(19-38)37-34(40)21-44-32-15-22(4-8-31(32)43-3)6-9-33(39)36-17-24-13-26(35)16-27(14-24)45-30/h4-5,7-8,12-16,28,30H,6,9-11,17-21H2,1-3H3,(H,36,39)(H,37,40)/t28-,30-/m1/s1. The van der Waals surface area contributed by atoms with Crippen LogP contribution < -0.4 is 29.6 Å². The summed E-state index contributed by atoms with van der Waals surface area (Å²) in [7, 11) is 4.81. The number of hydrogen-bond acceptors (Lipinski definition) is 8. The van der Waals surface area contributed by atoms with E-state index in [1.165, 1.54) is 19.2 Å². The third-order valence-corrected chi connectivity index (χ3v) is 7.97. The maximum absolute atomic E-state index is 14.6. The molecule has 3 aromatic carbocycles. The molecule has 2 heterocycles. The van der Waals surface area contributed by atoms with Gasteiger partial charge in [0.1, 0.15) is 23.4 Å². The predicted octanol–water partition coefficient (Wildman–Crippen LogP) is 3.77. The summed E-state index contributed by atoms with van der Waals surface area (Å²) in [6.45, 7) is 2.19. The van der Waals surface area contributed by atoms with Gasteiger partial charge in [0.15, 0.2) is 18.1 Å². The van der Waals surface area contributed by atoms with Crippen LogP contribution in [0.3, 0.4) is 0 Å². The van der Waals surface area contributed by atoms with Crippen molar-refractivity contribution in [3.05, 3.63) is 82.7 Å². The molecule has 2 atom stereocenters. The van der Waals surface area contributed by atoms with Crippen molar-refractivity contribution in [2.45, 2.75) is 51.1 Å². The summed E-state index contributed by atoms with van der Waals surface area (Å²) < 4.78 is 43.1. The summed E-state index contributed by atoms with van der Waals surface area (Å²) >= 11 is 0. The zero-order valence-electron chi connectivity index (χ0n) is 25.9. The lowest BCUT2D eigenvalue weighted by atomic mass is 10.00. The highest BCUT2D eigenvalue weighted by atomic mass is 19.1. The van der Waals surface area contributed by atoms with Gasteiger partial charge in [-0.15, -0.1) is 0 Å². The smallest absolute Gasteiger partial charge is 0.258 e. The van der Waals surface area contributed by atoms with Crippen molar-refractivity contribution < 1.29 is 37.7 Å². The van der Waals surface area contributed by atoms with Crippen LogP contribution in [0.1, 0.15) is 35.1 Å². The molecule has 240 valence electrons. The molecule has 0 spiro atoms. The molecule has 0 saturated carbocycles. The second kappa shape index (κ2) is 15.1. The molecule has 5 rings (SSSR count). The van der Waals surface area contributed by atoms with E-state index in [0.29, 0.717) is 61.9 Å². The van der Waals surface area contributed by atoms with Crippen LogP contribution in [0.15, 0.2) is 54.6 Å². The summed E-state index contributed by atoms with van der Waals surface area (Å²) in [5, 5.41) is 5.97. The Morgan fingerprint density at radius 2 is 1.76 bits per heavy atom. The molecule has 45 heavy (non-hydrogen) atoms. The Bertz CT molecular complexity index is 1500. The quantitative estimate of drug-likeness (QED) is 0.429. The van der Waals surface area contributed by atoms with Crippen LogP contribution in [0.2, 0.25) is 0 Å². The van der Waals surface area contributed by atoms with Crippen molar-refractivity contribution >= 4 is 11.8 Å². The average molecular weight is 622 g/mol. The Kier molecular flexibility index (Phi) is 10.7. The largest absolute Gasteiger partial charge is 0.496 e. The number of ether oxygens (including phenoxy) is 5. The van der Waals surface area contributed by atoms with Gasteiger partial charge in [0.2, 0.25) is 5.91 Å². The molecular formula is C34H40FN3O7. The average Bonchev–Trinajstić information content (AvgIpc) is 3.03. The lowest BCUT2D eigenvalue weighted by Crippen LogP contribution is -2.57. The Morgan fingerprint density at radius 1 is 0.933 bits per heavy atom. The first kappa shape index (κ1) is 32.1. The number of carbonyl (C=O) groups excluding carboxylic acids is 2. The van der Waals surface area contributed by atoms with Gasteiger partial charge in [0.25, 0.3) is 5.91 Å². The van der Waals surface area contributed by atoms with Crippen molar-refractivity contribution in [3.63, 3.8) is 0 Å². The van der Waals surface area contributed by atoms with E-state index in [9.17, 15) is 14.0 Å². The number of piperidine rings is 1. The van der Waals surface area contributed by atoms with Gasteiger partial charge in [-0.2, -0.15) is 0 Å². The number of nitrogens with one attached hydrogen (secondary N) is 2. The van der Waals surface area contributed by atoms with Crippen molar-refractivity contribution in [2.24, 2.45) is 0 Å². The van der Waals surface area contributed by atoms with E-state index < -0.39 is 18.0 Å². The van der Waals surface area contributed by atoms with Crippen molar-refractivity contribution in [2.75, 3.05) is 41.0 Å². The molecule has 3 aromatic rings. The lowest BCUT2D eigenvalue weighted by molar-refractivity contribution is -0.125. The molecule has 0 unspecified atom stereocenters. The number of benzene rings is 3. The minimum atomic E-state index is -0.463. The zero-order chi connectivity index (χ0) is 31.8. The normalized spacial score (nSPS) is 19.5. The molecule has 10 nitrogen and oxygen atoms in total. The molecule has 2 amide bonds. The Morgan fingerprint density at radius 3 is 2.56 bits per heavy atom. The van der Waals surface area contributed by atoms with Gasteiger partial charge in [-0.1, -0.05) is 12.1 Å². The number of fused-ring (bicyclic) bond motifs is 5. The van der Waals surface area contributed by atoms with E-state index in [1.807, 2.05) is 18.2 Å². The molecule has 0 aromatic heterocycles. The van der Waals surface area contributed by atoms with Gasteiger partial charge in [0, 0.05) is 51.3 Å². The molecule has 2 N–H and O–H groups in total. The van der Waals surface area contributed by atoms with Crippen LogP contribution in [-0.2, 0) is 40.4 Å². The van der Waals surface area contributed by atoms with E-state index in [4.69, 9.17) is 23.7 Å². The first-order chi connectivity index (χ1) is 21.8. The second-order valence-electron chi connectivity index (χ2n) is 11.3. The molecule has 0 aliphatic carbocycles. The summed E-state index contributed by atoms with van der Waals surface area (Å²) in [6.07, 6.45) is 0.850. The SMILES string of the molecule is COCc1cc(CN2CC[C@H]3Oc4cc(F)cc(c4)CNC(=O)CCc4ccc(OC)c(c4)OCC(=O)N[C@@H]3C2)ccc1OC. The van der Waals surface area contributed by atoms with E-state index in [-0.39, 0.29) is 31.4 Å². The van der Waals surface area contributed by atoms with Crippen LogP contribution in [-0.4, -0.2) is 69.9 Å². The predicted molar refractivity (Wildman–Crippen MR) is 165 cm³/mol. The van der Waals surface area contributed by atoms with Gasteiger partial charge >= 0.3 is 0 Å². The molecule has 4 bridgehead atoms. The number of likely N-dealkylation sites (tertiary alicyclic amines) is 1. The van der Waals surface area contributed by atoms with Crippen LogP contribution >= 0.6 is 0 Å². The van der Waals surface area contributed by atoms with Crippen LogP contribution in [0.4, 0.5) is 4.39 Å². The first-order valence-electron chi connectivity index (χ1n) is 15.0. The number of hydrogen-bond donors (Lipinski definition) is 2. The summed E-state index contributed by atoms with van der Waals surface area (Å²) in [5.41, 5.74) is 3.49. The van der Waals surface area contributed by atoms with E-state index in [0.717, 1.165) is 22.4 Å². The fraction of sp³-hybridized carbons (Fsp3) is 0.412. The molecule has 1 fully saturated rings. The van der Waals surface area contributed by atoms with E-state index in [1.54, 1.807) is 32.4 Å². The Balaban J connectivity index is 1.38. The highest BCUT2D eigenvalue weighted by Gasteiger charge is 2.32. The van der Waals surface area contributed by atoms with Crippen LogP contribution in [0, 0.1) is 5.82 Å². The number of carbonyl (C=O) groups is 2. The topological polar surface area (TPSA) is 108 Å². The van der Waals surface area contributed by atoms with Crippen LogP contribution in [0.5, 0.6) is 23.0 Å². The number of rotatable bonds is 6. The highest BCUT2D eigenvalue weighted by Crippen LogP contribution is 2.29. The number of nitrogens with zero attached hydrogens (tertiary/aromatic N) is 1. The first-order valence-corrected chi connectivity index (χ1v) is 15.0. The van der Waals surface area contributed by atoms with Gasteiger partial charge in [-0.25, -0.2) is 4.39 Å². The number of methoxy groups -OCH3 is 3. The van der Waals surface area contributed by atoms with Gasteiger partial charge < -0.3 is 34.3 Å². The molecular weight excluding hydrogens is 581 g/mol. The van der Waals surface area contributed by atoms with Crippen LogP contribution in [0.25, 0.3) is 0 Å². The van der Waals surface area contributed by atoms with Crippen molar-refractivity contribution in [3.8, 4) is 23.0 Å². The third-order valence-electron chi connectivity index (χ3n) is 7.97. The number of amides is 2. The fourth-order valence-corrected chi connectivity index (χ4v) is 5.77. The van der Waals surface area contributed by atoms with Gasteiger partial charge in [0.05, 0.1) is 26.9 Å². The fourth-order valence-electron chi connectivity index (χ4n) is 5.77. The molecule has 2 aliphatic rings. The van der Waals surface area contributed by atoms with Crippen molar-refractivity contribution in [1.29, 1.82) is 0 Å². The lowest BCUT2D eigenvalue weighted by Gasteiger charge is -2.39. The van der Waals surface area contributed by atoms with Gasteiger partial charge in [-0.05, 0) is 65.9 Å². The highest BCUT2D eigenvalue weighted by molar-refractivity contribution is 5.78. The third kappa shape index (κ3) is 8.64. The van der Waals surface area contributed by atoms with E-state index >= 15 is 0 Å². The minimum Gasteiger partial charge on any atom is -0.496 e.